The summed E-state index contributed by atoms with van der Waals surface area (Å²) in [6, 6.07) is 4.94. The first-order valence-corrected chi connectivity index (χ1v) is 9.71. The SMILES string of the molecule is CCNC(=NCC(C)CN1CCOCC1)NC(C)c1ccc(OC)c(F)c1. The van der Waals surface area contributed by atoms with Crippen LogP contribution in [0.5, 0.6) is 5.75 Å². The predicted octanol–water partition coefficient (Wildman–Crippen LogP) is 2.42. The van der Waals surface area contributed by atoms with Gasteiger partial charge in [0, 0.05) is 32.7 Å². The van der Waals surface area contributed by atoms with Crippen molar-refractivity contribution in [3.05, 3.63) is 29.6 Å². The van der Waals surface area contributed by atoms with E-state index in [-0.39, 0.29) is 17.6 Å². The average Bonchev–Trinajstić information content (AvgIpc) is 2.67. The van der Waals surface area contributed by atoms with Crippen LogP contribution in [-0.4, -0.2) is 63.9 Å². The molecule has 1 heterocycles. The van der Waals surface area contributed by atoms with Gasteiger partial charge in [0.2, 0.25) is 0 Å². The standard InChI is InChI=1S/C20H33FN4O2/c1-5-22-20(23-13-15(2)14-25-8-10-27-11-9-25)24-16(3)17-6-7-19(26-4)18(21)12-17/h6-7,12,15-16H,5,8-11,13-14H2,1-4H3,(H2,22,23,24). The molecular formula is C20H33FN4O2. The second-order valence-electron chi connectivity index (χ2n) is 7.00. The van der Waals surface area contributed by atoms with Crippen molar-refractivity contribution in [2.45, 2.75) is 26.8 Å². The van der Waals surface area contributed by atoms with Gasteiger partial charge in [-0.15, -0.1) is 0 Å². The number of aliphatic imine (C=N–C) groups is 1. The fraction of sp³-hybridized carbons (Fsp3) is 0.650. The van der Waals surface area contributed by atoms with Gasteiger partial charge >= 0.3 is 0 Å². The number of nitrogens with one attached hydrogen (secondary N) is 2. The van der Waals surface area contributed by atoms with E-state index in [2.05, 4.69) is 22.5 Å². The van der Waals surface area contributed by atoms with Gasteiger partial charge < -0.3 is 20.1 Å². The fourth-order valence-electron chi connectivity index (χ4n) is 3.09. The summed E-state index contributed by atoms with van der Waals surface area (Å²) in [4.78, 5) is 7.14. The Balaban J connectivity index is 1.92. The molecule has 27 heavy (non-hydrogen) atoms. The van der Waals surface area contributed by atoms with Gasteiger partial charge in [-0.05, 0) is 37.5 Å². The Morgan fingerprint density at radius 1 is 1.33 bits per heavy atom. The maximum Gasteiger partial charge on any atom is 0.191 e. The Morgan fingerprint density at radius 2 is 2.07 bits per heavy atom. The van der Waals surface area contributed by atoms with E-state index in [1.165, 1.54) is 13.2 Å². The molecule has 6 nitrogen and oxygen atoms in total. The largest absolute Gasteiger partial charge is 0.494 e. The van der Waals surface area contributed by atoms with Crippen LogP contribution in [0.1, 0.15) is 32.4 Å². The van der Waals surface area contributed by atoms with Crippen molar-refractivity contribution in [1.82, 2.24) is 15.5 Å². The van der Waals surface area contributed by atoms with E-state index in [0.717, 1.165) is 57.5 Å². The zero-order valence-electron chi connectivity index (χ0n) is 16.9. The first-order chi connectivity index (χ1) is 13.0. The lowest BCUT2D eigenvalue weighted by atomic mass is 10.1. The number of hydrogen-bond acceptors (Lipinski definition) is 4. The highest BCUT2D eigenvalue weighted by Crippen LogP contribution is 2.21. The summed E-state index contributed by atoms with van der Waals surface area (Å²) in [5.74, 6) is 1.09. The molecular weight excluding hydrogens is 347 g/mol. The molecule has 2 atom stereocenters. The van der Waals surface area contributed by atoms with Crippen molar-refractivity contribution in [2.24, 2.45) is 10.9 Å². The fourth-order valence-corrected chi connectivity index (χ4v) is 3.09. The summed E-state index contributed by atoms with van der Waals surface area (Å²) in [5, 5.41) is 6.62. The highest BCUT2D eigenvalue weighted by molar-refractivity contribution is 5.80. The first-order valence-electron chi connectivity index (χ1n) is 9.71. The number of ether oxygens (including phenoxy) is 2. The summed E-state index contributed by atoms with van der Waals surface area (Å²) in [5.41, 5.74) is 0.847. The third-order valence-electron chi connectivity index (χ3n) is 4.61. The molecule has 1 aromatic carbocycles. The predicted molar refractivity (Wildman–Crippen MR) is 107 cm³/mol. The Hall–Kier alpha value is -1.86. The van der Waals surface area contributed by atoms with Crippen molar-refractivity contribution < 1.29 is 13.9 Å². The van der Waals surface area contributed by atoms with Crippen molar-refractivity contribution >= 4 is 5.96 Å². The Kier molecular flexibility index (Phi) is 8.81. The van der Waals surface area contributed by atoms with Gasteiger partial charge in [-0.3, -0.25) is 9.89 Å². The lowest BCUT2D eigenvalue weighted by Gasteiger charge is -2.28. The Morgan fingerprint density at radius 3 is 2.70 bits per heavy atom. The monoisotopic (exact) mass is 380 g/mol. The minimum Gasteiger partial charge on any atom is -0.494 e. The molecule has 0 saturated carbocycles. The molecule has 1 fully saturated rings. The molecule has 1 saturated heterocycles. The number of rotatable bonds is 8. The molecule has 0 aliphatic carbocycles. The van der Waals surface area contributed by atoms with Crippen LogP contribution in [0, 0.1) is 11.7 Å². The lowest BCUT2D eigenvalue weighted by Crippen LogP contribution is -2.41. The van der Waals surface area contributed by atoms with Gasteiger partial charge in [0.15, 0.2) is 17.5 Å². The maximum atomic E-state index is 14.0. The zero-order chi connectivity index (χ0) is 19.6. The van der Waals surface area contributed by atoms with Crippen molar-refractivity contribution in [2.75, 3.05) is 53.0 Å². The summed E-state index contributed by atoms with van der Waals surface area (Å²) in [7, 11) is 1.47. The van der Waals surface area contributed by atoms with Gasteiger partial charge in [-0.25, -0.2) is 4.39 Å². The van der Waals surface area contributed by atoms with E-state index < -0.39 is 0 Å². The third kappa shape index (κ3) is 6.99. The van der Waals surface area contributed by atoms with E-state index in [0.29, 0.717) is 5.92 Å². The van der Waals surface area contributed by atoms with Gasteiger partial charge in [0.25, 0.3) is 0 Å². The quantitative estimate of drug-likeness (QED) is 0.536. The van der Waals surface area contributed by atoms with Crippen LogP contribution in [0.4, 0.5) is 4.39 Å². The Bertz CT molecular complexity index is 606. The summed E-state index contributed by atoms with van der Waals surface area (Å²) in [6.07, 6.45) is 0. The highest BCUT2D eigenvalue weighted by atomic mass is 19.1. The number of hydrogen-bond donors (Lipinski definition) is 2. The molecule has 0 bridgehead atoms. The third-order valence-corrected chi connectivity index (χ3v) is 4.61. The molecule has 2 N–H and O–H groups in total. The number of nitrogens with zero attached hydrogens (tertiary/aromatic N) is 2. The lowest BCUT2D eigenvalue weighted by molar-refractivity contribution is 0.0323. The second kappa shape index (κ2) is 11.1. The van der Waals surface area contributed by atoms with E-state index in [4.69, 9.17) is 14.5 Å². The molecule has 0 spiro atoms. The van der Waals surface area contributed by atoms with Gasteiger partial charge in [0.05, 0.1) is 26.4 Å². The van der Waals surface area contributed by atoms with Gasteiger partial charge in [-0.1, -0.05) is 13.0 Å². The molecule has 0 aromatic heterocycles. The van der Waals surface area contributed by atoms with E-state index in [1.54, 1.807) is 6.07 Å². The van der Waals surface area contributed by atoms with Crippen LogP contribution in [0.2, 0.25) is 0 Å². The van der Waals surface area contributed by atoms with Crippen LogP contribution in [0.15, 0.2) is 23.2 Å². The van der Waals surface area contributed by atoms with Gasteiger partial charge in [0.1, 0.15) is 0 Å². The summed E-state index contributed by atoms with van der Waals surface area (Å²) < 4.78 is 24.3. The molecule has 7 heteroatoms. The zero-order valence-corrected chi connectivity index (χ0v) is 16.9. The highest BCUT2D eigenvalue weighted by Gasteiger charge is 2.15. The number of guanidine groups is 1. The van der Waals surface area contributed by atoms with Crippen LogP contribution < -0.4 is 15.4 Å². The maximum absolute atomic E-state index is 14.0. The van der Waals surface area contributed by atoms with E-state index in [9.17, 15) is 4.39 Å². The number of morpholine rings is 1. The molecule has 0 amide bonds. The summed E-state index contributed by atoms with van der Waals surface area (Å²) in [6.45, 7) is 12.4. The number of benzene rings is 1. The van der Waals surface area contributed by atoms with Crippen molar-refractivity contribution in [3.63, 3.8) is 0 Å². The van der Waals surface area contributed by atoms with Crippen LogP contribution in [-0.2, 0) is 4.74 Å². The summed E-state index contributed by atoms with van der Waals surface area (Å²) >= 11 is 0. The topological polar surface area (TPSA) is 58.1 Å². The van der Waals surface area contributed by atoms with E-state index >= 15 is 0 Å². The molecule has 1 aromatic rings. The normalized spacial score (nSPS) is 18.0. The minimum atomic E-state index is -0.357. The molecule has 152 valence electrons. The Labute approximate surface area is 162 Å². The number of halogens is 1. The molecule has 2 unspecified atom stereocenters. The van der Waals surface area contributed by atoms with Gasteiger partial charge in [-0.2, -0.15) is 0 Å². The van der Waals surface area contributed by atoms with Crippen molar-refractivity contribution in [1.29, 1.82) is 0 Å². The minimum absolute atomic E-state index is 0.0715. The molecule has 1 aliphatic heterocycles. The van der Waals surface area contributed by atoms with Crippen LogP contribution in [0.25, 0.3) is 0 Å². The van der Waals surface area contributed by atoms with Crippen LogP contribution in [0.3, 0.4) is 0 Å². The smallest absolute Gasteiger partial charge is 0.191 e. The number of methoxy groups -OCH3 is 1. The first kappa shape index (κ1) is 21.4. The average molecular weight is 381 g/mol. The second-order valence-corrected chi connectivity index (χ2v) is 7.00. The van der Waals surface area contributed by atoms with Crippen LogP contribution >= 0.6 is 0 Å². The van der Waals surface area contributed by atoms with E-state index in [1.807, 2.05) is 19.9 Å². The molecule has 1 aliphatic rings. The van der Waals surface area contributed by atoms with Crippen molar-refractivity contribution in [3.8, 4) is 5.75 Å². The molecule has 0 radical (unpaired) electrons. The molecule has 2 rings (SSSR count).